The highest BCUT2D eigenvalue weighted by atomic mass is 16.5. The SMILES string of the molecule is O=C(OCc1cccc2ccccc12)[C@H]1CCCCN1c1ncccn1. The van der Waals surface area contributed by atoms with E-state index in [1.165, 1.54) is 0 Å². The number of hydrogen-bond donors (Lipinski definition) is 0. The number of benzene rings is 2. The van der Waals surface area contributed by atoms with Crippen LogP contribution in [0.5, 0.6) is 0 Å². The van der Waals surface area contributed by atoms with Gasteiger partial charge in [-0.2, -0.15) is 0 Å². The van der Waals surface area contributed by atoms with Crippen LogP contribution in [0, 0.1) is 0 Å². The molecule has 1 aliphatic rings. The van der Waals surface area contributed by atoms with Crippen LogP contribution in [-0.4, -0.2) is 28.5 Å². The van der Waals surface area contributed by atoms with Gasteiger partial charge in [0.1, 0.15) is 12.6 Å². The molecule has 0 N–H and O–H groups in total. The van der Waals surface area contributed by atoms with Crippen molar-refractivity contribution >= 4 is 22.7 Å². The Morgan fingerprint density at radius 3 is 2.73 bits per heavy atom. The van der Waals surface area contributed by atoms with Crippen LogP contribution >= 0.6 is 0 Å². The van der Waals surface area contributed by atoms with Crippen LogP contribution < -0.4 is 4.90 Å². The molecule has 2 heterocycles. The third-order valence-corrected chi connectivity index (χ3v) is 4.83. The van der Waals surface area contributed by atoms with Gasteiger partial charge in [0.2, 0.25) is 5.95 Å². The number of carbonyl (C=O) groups is 1. The summed E-state index contributed by atoms with van der Waals surface area (Å²) in [6, 6.07) is 15.7. The van der Waals surface area contributed by atoms with Gasteiger partial charge in [0.05, 0.1) is 0 Å². The summed E-state index contributed by atoms with van der Waals surface area (Å²) in [5.74, 6) is 0.393. The van der Waals surface area contributed by atoms with E-state index in [1.54, 1.807) is 18.5 Å². The Labute approximate surface area is 152 Å². The van der Waals surface area contributed by atoms with Crippen LogP contribution in [0.3, 0.4) is 0 Å². The lowest BCUT2D eigenvalue weighted by atomic mass is 10.0. The van der Waals surface area contributed by atoms with Gasteiger partial charge in [-0.05, 0) is 41.7 Å². The quantitative estimate of drug-likeness (QED) is 0.673. The summed E-state index contributed by atoms with van der Waals surface area (Å²) in [6.45, 7) is 1.05. The maximum atomic E-state index is 12.8. The number of carbonyl (C=O) groups excluding carboxylic acids is 1. The first kappa shape index (κ1) is 16.5. The Hall–Kier alpha value is -2.95. The Morgan fingerprint density at radius 1 is 1.04 bits per heavy atom. The Balaban J connectivity index is 1.50. The van der Waals surface area contributed by atoms with E-state index in [2.05, 4.69) is 28.2 Å². The second-order valence-corrected chi connectivity index (χ2v) is 6.50. The van der Waals surface area contributed by atoms with Crippen LogP contribution in [-0.2, 0) is 16.1 Å². The van der Waals surface area contributed by atoms with Gasteiger partial charge in [0, 0.05) is 18.9 Å². The van der Waals surface area contributed by atoms with Gasteiger partial charge < -0.3 is 9.64 Å². The van der Waals surface area contributed by atoms with E-state index in [-0.39, 0.29) is 18.6 Å². The van der Waals surface area contributed by atoms with Gasteiger partial charge in [-0.1, -0.05) is 42.5 Å². The van der Waals surface area contributed by atoms with Gasteiger partial charge in [-0.3, -0.25) is 0 Å². The van der Waals surface area contributed by atoms with Crippen molar-refractivity contribution in [1.82, 2.24) is 9.97 Å². The highest BCUT2D eigenvalue weighted by Crippen LogP contribution is 2.24. The van der Waals surface area contributed by atoms with E-state index in [0.29, 0.717) is 5.95 Å². The molecule has 0 bridgehead atoms. The molecule has 1 aliphatic heterocycles. The van der Waals surface area contributed by atoms with Crippen molar-refractivity contribution in [2.24, 2.45) is 0 Å². The molecule has 3 aromatic rings. The number of ether oxygens (including phenoxy) is 1. The molecule has 1 atom stereocenters. The molecule has 0 saturated carbocycles. The maximum absolute atomic E-state index is 12.8. The lowest BCUT2D eigenvalue weighted by Gasteiger charge is -2.33. The van der Waals surface area contributed by atoms with E-state index >= 15 is 0 Å². The standard InChI is InChI=1S/C21H21N3O2/c25-20(19-11-3-4-14-24(19)21-22-12-6-13-23-21)26-15-17-9-5-8-16-7-1-2-10-18(16)17/h1-2,5-10,12-13,19H,3-4,11,14-15H2/t19-/m1/s1. The Kier molecular flexibility index (Phi) is 4.78. The molecule has 4 rings (SSSR count). The number of esters is 1. The molecule has 2 aromatic carbocycles. The average Bonchev–Trinajstić information content (AvgIpc) is 2.72. The van der Waals surface area contributed by atoms with Crippen molar-refractivity contribution in [3.05, 3.63) is 66.5 Å². The van der Waals surface area contributed by atoms with E-state index in [9.17, 15) is 4.79 Å². The molecule has 0 unspecified atom stereocenters. The van der Waals surface area contributed by atoms with Crippen molar-refractivity contribution in [3.8, 4) is 0 Å². The van der Waals surface area contributed by atoms with E-state index < -0.39 is 0 Å². The van der Waals surface area contributed by atoms with Gasteiger partial charge in [-0.15, -0.1) is 0 Å². The normalized spacial score (nSPS) is 17.2. The minimum absolute atomic E-state index is 0.204. The molecular formula is C21H21N3O2. The Bertz CT molecular complexity index is 893. The maximum Gasteiger partial charge on any atom is 0.329 e. The first-order valence-corrected chi connectivity index (χ1v) is 9.00. The molecular weight excluding hydrogens is 326 g/mol. The van der Waals surface area contributed by atoms with Crippen molar-refractivity contribution < 1.29 is 9.53 Å². The van der Waals surface area contributed by atoms with Crippen molar-refractivity contribution in [1.29, 1.82) is 0 Å². The van der Waals surface area contributed by atoms with Crippen LogP contribution in [0.25, 0.3) is 10.8 Å². The summed E-state index contributed by atoms with van der Waals surface area (Å²) in [6.07, 6.45) is 6.22. The molecule has 1 saturated heterocycles. The summed E-state index contributed by atoms with van der Waals surface area (Å²) in [5.41, 5.74) is 1.02. The molecule has 5 heteroatoms. The first-order valence-electron chi connectivity index (χ1n) is 9.00. The fraction of sp³-hybridized carbons (Fsp3) is 0.286. The number of aromatic nitrogens is 2. The molecule has 0 amide bonds. The molecule has 0 radical (unpaired) electrons. The number of anilines is 1. The van der Waals surface area contributed by atoms with Crippen LogP contribution in [0.4, 0.5) is 5.95 Å². The molecule has 132 valence electrons. The van der Waals surface area contributed by atoms with E-state index in [0.717, 1.165) is 42.1 Å². The average molecular weight is 347 g/mol. The number of nitrogens with zero attached hydrogens (tertiary/aromatic N) is 3. The lowest BCUT2D eigenvalue weighted by Crippen LogP contribution is -2.46. The third kappa shape index (κ3) is 3.38. The third-order valence-electron chi connectivity index (χ3n) is 4.83. The van der Waals surface area contributed by atoms with Crippen LogP contribution in [0.1, 0.15) is 24.8 Å². The van der Waals surface area contributed by atoms with Crippen LogP contribution in [0.15, 0.2) is 60.9 Å². The Morgan fingerprint density at radius 2 is 1.85 bits per heavy atom. The summed E-state index contributed by atoms with van der Waals surface area (Å²) in [7, 11) is 0. The van der Waals surface area contributed by atoms with Gasteiger partial charge in [0.25, 0.3) is 0 Å². The number of fused-ring (bicyclic) bond motifs is 1. The van der Waals surface area contributed by atoms with Gasteiger partial charge in [-0.25, -0.2) is 14.8 Å². The van der Waals surface area contributed by atoms with Crippen molar-refractivity contribution in [2.45, 2.75) is 31.9 Å². The monoisotopic (exact) mass is 347 g/mol. The molecule has 26 heavy (non-hydrogen) atoms. The molecule has 0 spiro atoms. The minimum atomic E-state index is -0.318. The van der Waals surface area contributed by atoms with Crippen LogP contribution in [0.2, 0.25) is 0 Å². The molecule has 0 aliphatic carbocycles. The predicted molar refractivity (Wildman–Crippen MR) is 101 cm³/mol. The molecule has 5 nitrogen and oxygen atoms in total. The van der Waals surface area contributed by atoms with Gasteiger partial charge >= 0.3 is 5.97 Å². The fourth-order valence-corrected chi connectivity index (χ4v) is 3.52. The summed E-state index contributed by atoms with van der Waals surface area (Å²) in [4.78, 5) is 23.3. The highest BCUT2D eigenvalue weighted by Gasteiger charge is 2.31. The largest absolute Gasteiger partial charge is 0.459 e. The minimum Gasteiger partial charge on any atom is -0.459 e. The van der Waals surface area contributed by atoms with Crippen molar-refractivity contribution in [3.63, 3.8) is 0 Å². The zero-order valence-electron chi connectivity index (χ0n) is 14.5. The topological polar surface area (TPSA) is 55.3 Å². The molecule has 1 fully saturated rings. The summed E-state index contributed by atoms with van der Waals surface area (Å²) >= 11 is 0. The number of piperidine rings is 1. The zero-order chi connectivity index (χ0) is 17.8. The predicted octanol–water partition coefficient (Wildman–Crippen LogP) is 3.73. The lowest BCUT2D eigenvalue weighted by molar-refractivity contribution is -0.147. The smallest absolute Gasteiger partial charge is 0.329 e. The first-order chi connectivity index (χ1) is 12.8. The fourth-order valence-electron chi connectivity index (χ4n) is 3.52. The van der Waals surface area contributed by atoms with E-state index in [4.69, 9.17) is 4.74 Å². The van der Waals surface area contributed by atoms with E-state index in [1.807, 2.05) is 29.2 Å². The number of rotatable bonds is 4. The second-order valence-electron chi connectivity index (χ2n) is 6.50. The number of hydrogen-bond acceptors (Lipinski definition) is 5. The zero-order valence-corrected chi connectivity index (χ0v) is 14.5. The summed E-state index contributed by atoms with van der Waals surface area (Å²) < 4.78 is 5.69. The highest BCUT2D eigenvalue weighted by molar-refractivity contribution is 5.86. The summed E-state index contributed by atoms with van der Waals surface area (Å²) in [5, 5.41) is 2.27. The second kappa shape index (κ2) is 7.52. The molecule has 1 aromatic heterocycles. The van der Waals surface area contributed by atoms with Crippen molar-refractivity contribution in [2.75, 3.05) is 11.4 Å². The van der Waals surface area contributed by atoms with Gasteiger partial charge in [0.15, 0.2) is 0 Å².